The van der Waals surface area contributed by atoms with E-state index in [-0.39, 0.29) is 5.38 Å². The quantitative estimate of drug-likeness (QED) is 0.670. The molecule has 16 heavy (non-hydrogen) atoms. The molecule has 1 heteroatoms. The fourth-order valence-electron chi connectivity index (χ4n) is 1.57. The Hall–Kier alpha value is -1.27. The first-order valence-electron chi connectivity index (χ1n) is 5.15. The van der Waals surface area contributed by atoms with Crippen molar-refractivity contribution in [1.29, 1.82) is 0 Å². The van der Waals surface area contributed by atoms with Crippen molar-refractivity contribution in [3.8, 4) is 0 Å². The molecule has 0 fully saturated rings. The summed E-state index contributed by atoms with van der Waals surface area (Å²) in [6.07, 6.45) is 0. The molecule has 0 aliphatic rings. The van der Waals surface area contributed by atoms with Crippen molar-refractivity contribution >= 4 is 11.6 Å². The molecule has 2 radical (unpaired) electrons. The van der Waals surface area contributed by atoms with Crippen LogP contribution in [0, 0.1) is 13.8 Å². The van der Waals surface area contributed by atoms with Gasteiger partial charge >= 0.3 is 0 Å². The van der Waals surface area contributed by atoms with Crippen LogP contribution < -0.4 is 0 Å². The minimum absolute atomic E-state index is 0.110. The van der Waals surface area contributed by atoms with Crippen LogP contribution in [0.2, 0.25) is 0 Å². The van der Waals surface area contributed by atoms with Gasteiger partial charge in [-0.3, -0.25) is 0 Å². The maximum atomic E-state index is 6.40. The molecular formula is C15H13Cl. The number of hydrogen-bond acceptors (Lipinski definition) is 0. The van der Waals surface area contributed by atoms with E-state index in [9.17, 15) is 0 Å². The van der Waals surface area contributed by atoms with Crippen molar-refractivity contribution in [3.63, 3.8) is 0 Å². The van der Waals surface area contributed by atoms with Crippen molar-refractivity contribution in [3.05, 3.63) is 84.6 Å². The molecule has 0 N–H and O–H groups in total. The Labute approximate surface area is 102 Å². The molecule has 0 aliphatic carbocycles. The molecule has 0 saturated carbocycles. The Kier molecular flexibility index (Phi) is 3.31. The van der Waals surface area contributed by atoms with Crippen LogP contribution in [0.25, 0.3) is 0 Å². The molecule has 2 aromatic rings. The van der Waals surface area contributed by atoms with Crippen LogP contribution in [-0.2, 0) is 0 Å². The van der Waals surface area contributed by atoms with Gasteiger partial charge in [-0.2, -0.15) is 0 Å². The lowest BCUT2D eigenvalue weighted by Crippen LogP contribution is -1.93. The number of hydrogen-bond donors (Lipinski definition) is 0. The second-order valence-electron chi connectivity index (χ2n) is 3.85. The van der Waals surface area contributed by atoms with Gasteiger partial charge < -0.3 is 0 Å². The number of halogens is 1. The van der Waals surface area contributed by atoms with Crippen LogP contribution in [0.15, 0.2) is 48.5 Å². The summed E-state index contributed by atoms with van der Waals surface area (Å²) >= 11 is 6.40. The first-order chi connectivity index (χ1) is 7.66. The summed E-state index contributed by atoms with van der Waals surface area (Å²) in [5.74, 6) is 0. The Morgan fingerprint density at radius 1 is 0.688 bits per heavy atom. The topological polar surface area (TPSA) is 0 Å². The largest absolute Gasteiger partial charge is 0.113 e. The number of benzene rings is 2. The predicted molar refractivity (Wildman–Crippen MR) is 69.5 cm³/mol. The Bertz CT molecular complexity index is 408. The van der Waals surface area contributed by atoms with Crippen molar-refractivity contribution in [2.45, 2.75) is 5.38 Å². The van der Waals surface area contributed by atoms with E-state index in [2.05, 4.69) is 13.8 Å². The molecule has 80 valence electrons. The lowest BCUT2D eigenvalue weighted by atomic mass is 10.0. The van der Waals surface area contributed by atoms with E-state index in [1.807, 2.05) is 48.5 Å². The first-order valence-corrected chi connectivity index (χ1v) is 5.58. The smallest absolute Gasteiger partial charge is 0.0835 e. The Morgan fingerprint density at radius 2 is 1.00 bits per heavy atom. The van der Waals surface area contributed by atoms with E-state index in [1.54, 1.807) is 0 Å². The third-order valence-corrected chi connectivity index (χ3v) is 3.05. The lowest BCUT2D eigenvalue weighted by molar-refractivity contribution is 1.14. The van der Waals surface area contributed by atoms with Crippen LogP contribution in [-0.4, -0.2) is 0 Å². The van der Waals surface area contributed by atoms with E-state index in [1.165, 1.54) is 0 Å². The number of rotatable bonds is 2. The summed E-state index contributed by atoms with van der Waals surface area (Å²) in [7, 11) is 0. The average Bonchev–Trinajstić information content (AvgIpc) is 2.30. The van der Waals surface area contributed by atoms with E-state index in [4.69, 9.17) is 11.6 Å². The standard InChI is InChI=1S/C15H13Cl/c1-11-3-7-13(8-4-11)15(16)14-9-5-12(2)6-10-14/h3-10,15H,1-2H2. The molecular weight excluding hydrogens is 216 g/mol. The Morgan fingerprint density at radius 3 is 1.31 bits per heavy atom. The summed E-state index contributed by atoms with van der Waals surface area (Å²) in [4.78, 5) is 0. The molecule has 0 atom stereocenters. The lowest BCUT2D eigenvalue weighted by Gasteiger charge is -2.10. The summed E-state index contributed by atoms with van der Waals surface area (Å²) < 4.78 is 0. The fourth-order valence-corrected chi connectivity index (χ4v) is 1.86. The molecule has 0 aromatic heterocycles. The molecule has 0 aliphatic heterocycles. The van der Waals surface area contributed by atoms with Gasteiger partial charge in [0.1, 0.15) is 0 Å². The molecule has 0 unspecified atom stereocenters. The zero-order valence-corrected chi connectivity index (χ0v) is 9.74. The van der Waals surface area contributed by atoms with Crippen molar-refractivity contribution in [2.75, 3.05) is 0 Å². The van der Waals surface area contributed by atoms with Crippen LogP contribution in [0.4, 0.5) is 0 Å². The van der Waals surface area contributed by atoms with Crippen LogP contribution in [0.1, 0.15) is 27.6 Å². The summed E-state index contributed by atoms with van der Waals surface area (Å²) in [5.41, 5.74) is 4.18. The van der Waals surface area contributed by atoms with Gasteiger partial charge in [0, 0.05) is 0 Å². The van der Waals surface area contributed by atoms with E-state index >= 15 is 0 Å². The van der Waals surface area contributed by atoms with Gasteiger partial charge in [-0.05, 0) is 36.1 Å². The minimum Gasteiger partial charge on any atom is -0.113 e. The highest BCUT2D eigenvalue weighted by atomic mass is 35.5. The molecule has 2 rings (SSSR count). The predicted octanol–water partition coefficient (Wildman–Crippen LogP) is 4.38. The monoisotopic (exact) mass is 228 g/mol. The molecule has 0 saturated heterocycles. The summed E-state index contributed by atoms with van der Waals surface area (Å²) in [5, 5.41) is -0.110. The van der Waals surface area contributed by atoms with Crippen LogP contribution in [0.3, 0.4) is 0 Å². The van der Waals surface area contributed by atoms with E-state index in [0.29, 0.717) is 0 Å². The van der Waals surface area contributed by atoms with Gasteiger partial charge in [-0.1, -0.05) is 48.5 Å². The van der Waals surface area contributed by atoms with E-state index < -0.39 is 0 Å². The molecule has 0 amide bonds. The maximum absolute atomic E-state index is 6.40. The third kappa shape index (κ3) is 2.45. The van der Waals surface area contributed by atoms with Crippen LogP contribution >= 0.6 is 11.6 Å². The van der Waals surface area contributed by atoms with Gasteiger partial charge in [0.05, 0.1) is 5.38 Å². The highest BCUT2D eigenvalue weighted by Crippen LogP contribution is 2.28. The van der Waals surface area contributed by atoms with Crippen LogP contribution in [0.5, 0.6) is 0 Å². The Balaban J connectivity index is 2.28. The maximum Gasteiger partial charge on any atom is 0.0835 e. The molecule has 0 spiro atoms. The SMILES string of the molecule is [CH2]c1ccc(C(Cl)c2ccc([CH2])cc2)cc1. The highest BCUT2D eigenvalue weighted by molar-refractivity contribution is 6.22. The molecule has 0 heterocycles. The average molecular weight is 229 g/mol. The third-order valence-electron chi connectivity index (χ3n) is 2.54. The summed E-state index contributed by atoms with van der Waals surface area (Å²) in [6.45, 7) is 7.71. The second kappa shape index (κ2) is 4.71. The molecule has 0 bridgehead atoms. The summed E-state index contributed by atoms with van der Waals surface area (Å²) in [6, 6.07) is 15.9. The molecule has 2 aromatic carbocycles. The van der Waals surface area contributed by atoms with Gasteiger partial charge in [0.25, 0.3) is 0 Å². The van der Waals surface area contributed by atoms with Gasteiger partial charge in [-0.15, -0.1) is 11.6 Å². The van der Waals surface area contributed by atoms with Gasteiger partial charge in [-0.25, -0.2) is 0 Å². The first kappa shape index (κ1) is 11.2. The van der Waals surface area contributed by atoms with Gasteiger partial charge in [0.2, 0.25) is 0 Å². The van der Waals surface area contributed by atoms with Gasteiger partial charge in [0.15, 0.2) is 0 Å². The van der Waals surface area contributed by atoms with E-state index in [0.717, 1.165) is 22.3 Å². The fraction of sp³-hybridized carbons (Fsp3) is 0.0667. The van der Waals surface area contributed by atoms with Crippen molar-refractivity contribution in [1.82, 2.24) is 0 Å². The zero-order chi connectivity index (χ0) is 11.5. The van der Waals surface area contributed by atoms with Crippen molar-refractivity contribution < 1.29 is 0 Å². The zero-order valence-electron chi connectivity index (χ0n) is 8.99. The minimum atomic E-state index is -0.110. The highest BCUT2D eigenvalue weighted by Gasteiger charge is 2.09. The molecule has 0 nitrogen and oxygen atoms in total. The second-order valence-corrected chi connectivity index (χ2v) is 4.28. The van der Waals surface area contributed by atoms with Crippen molar-refractivity contribution in [2.24, 2.45) is 0 Å². The number of alkyl halides is 1. The normalized spacial score (nSPS) is 10.8.